The summed E-state index contributed by atoms with van der Waals surface area (Å²) in [4.78, 5) is 17.7. The molecular formula is C30H32FN5O2. The highest BCUT2D eigenvalue weighted by molar-refractivity contribution is 5.99. The van der Waals surface area contributed by atoms with E-state index in [0.717, 1.165) is 40.1 Å². The molecule has 0 saturated carbocycles. The molecule has 38 heavy (non-hydrogen) atoms. The molecule has 4 aromatic rings. The quantitative estimate of drug-likeness (QED) is 0.216. The number of pyridine rings is 1. The molecule has 0 saturated heterocycles. The maximum atomic E-state index is 14.3. The van der Waals surface area contributed by atoms with Crippen LogP contribution in [-0.4, -0.2) is 59.8 Å². The maximum Gasteiger partial charge on any atom is 0.245 e. The first-order valence-electron chi connectivity index (χ1n) is 12.6. The Morgan fingerprint density at radius 2 is 1.89 bits per heavy atom. The number of nitrogens with one attached hydrogen (secondary N) is 2. The topological polar surface area (TPSA) is 83.1 Å². The summed E-state index contributed by atoms with van der Waals surface area (Å²) in [5.41, 5.74) is 5.38. The highest BCUT2D eigenvalue weighted by atomic mass is 19.1. The summed E-state index contributed by atoms with van der Waals surface area (Å²) in [5, 5.41) is 10.1. The molecule has 4 rings (SSSR count). The molecule has 0 aliphatic heterocycles. The maximum absolute atomic E-state index is 14.3. The van der Waals surface area contributed by atoms with Gasteiger partial charge in [-0.05, 0) is 65.1 Å². The predicted molar refractivity (Wildman–Crippen MR) is 149 cm³/mol. The average Bonchev–Trinajstić information content (AvgIpc) is 3.31. The zero-order valence-electron chi connectivity index (χ0n) is 21.9. The van der Waals surface area contributed by atoms with Gasteiger partial charge in [0.05, 0.1) is 16.6 Å². The minimum absolute atomic E-state index is 0.0411. The number of carbonyl (C=O) groups excluding carboxylic acids is 1. The van der Waals surface area contributed by atoms with Crippen LogP contribution in [0.2, 0.25) is 0 Å². The Balaban J connectivity index is 1.53. The number of aromatic nitrogens is 3. The van der Waals surface area contributed by atoms with Crippen LogP contribution in [0.15, 0.2) is 79.0 Å². The van der Waals surface area contributed by atoms with Crippen LogP contribution in [0, 0.1) is 5.95 Å². The molecule has 0 unspecified atom stereocenters. The number of hydrogen-bond donors (Lipinski definition) is 2. The van der Waals surface area contributed by atoms with Gasteiger partial charge in [-0.15, -0.1) is 0 Å². The molecule has 2 heterocycles. The SMILES string of the molecule is CC/C(=C(/c1ccc(OCCNC/C=C/C(=O)N(C)C)cc1)c1ccc2n[nH]c(F)c2c1)c1ccccn1. The van der Waals surface area contributed by atoms with Crippen molar-refractivity contribution < 1.29 is 13.9 Å². The lowest BCUT2D eigenvalue weighted by Crippen LogP contribution is -2.22. The van der Waals surface area contributed by atoms with Crippen molar-refractivity contribution >= 4 is 28.0 Å². The third-order valence-corrected chi connectivity index (χ3v) is 6.08. The molecule has 2 aromatic carbocycles. The van der Waals surface area contributed by atoms with Crippen molar-refractivity contribution in [3.63, 3.8) is 0 Å². The third-order valence-electron chi connectivity index (χ3n) is 6.08. The predicted octanol–water partition coefficient (Wildman–Crippen LogP) is 5.08. The van der Waals surface area contributed by atoms with Crippen LogP contribution in [0.1, 0.15) is 30.2 Å². The number of carbonyl (C=O) groups is 1. The fourth-order valence-electron chi connectivity index (χ4n) is 4.13. The Kier molecular flexibility index (Phi) is 9.00. The van der Waals surface area contributed by atoms with Crippen molar-refractivity contribution in [1.29, 1.82) is 0 Å². The minimum Gasteiger partial charge on any atom is -0.492 e. The smallest absolute Gasteiger partial charge is 0.245 e. The molecule has 2 aromatic heterocycles. The average molecular weight is 514 g/mol. The molecule has 0 aliphatic carbocycles. The highest BCUT2D eigenvalue weighted by Crippen LogP contribution is 2.35. The molecule has 0 radical (unpaired) electrons. The fourth-order valence-corrected chi connectivity index (χ4v) is 4.13. The van der Waals surface area contributed by atoms with Gasteiger partial charge in [-0.25, -0.2) is 0 Å². The van der Waals surface area contributed by atoms with Crippen LogP contribution >= 0.6 is 0 Å². The van der Waals surface area contributed by atoms with Crippen LogP contribution in [0.3, 0.4) is 0 Å². The molecule has 0 bridgehead atoms. The Hall–Kier alpha value is -4.30. The number of hydrogen-bond acceptors (Lipinski definition) is 5. The number of ether oxygens (including phenoxy) is 1. The first-order valence-corrected chi connectivity index (χ1v) is 12.6. The van der Waals surface area contributed by atoms with E-state index in [4.69, 9.17) is 4.74 Å². The summed E-state index contributed by atoms with van der Waals surface area (Å²) in [6.45, 7) is 3.81. The van der Waals surface area contributed by atoms with Crippen molar-refractivity contribution in [3.05, 3.63) is 102 Å². The Bertz CT molecular complexity index is 1430. The largest absolute Gasteiger partial charge is 0.492 e. The zero-order chi connectivity index (χ0) is 26.9. The van der Waals surface area contributed by atoms with Crippen molar-refractivity contribution in [2.24, 2.45) is 0 Å². The van der Waals surface area contributed by atoms with E-state index in [1.54, 1.807) is 32.4 Å². The molecule has 0 aliphatic rings. The molecule has 2 N–H and O–H groups in total. The molecule has 0 spiro atoms. The molecule has 8 heteroatoms. The number of fused-ring (bicyclic) bond motifs is 1. The highest BCUT2D eigenvalue weighted by Gasteiger charge is 2.16. The lowest BCUT2D eigenvalue weighted by Gasteiger charge is -2.16. The van der Waals surface area contributed by atoms with E-state index in [0.29, 0.717) is 30.6 Å². The van der Waals surface area contributed by atoms with E-state index in [1.807, 2.05) is 60.7 Å². The van der Waals surface area contributed by atoms with E-state index < -0.39 is 5.95 Å². The number of allylic oxidation sites excluding steroid dienone is 1. The molecular weight excluding hydrogens is 481 g/mol. The van der Waals surface area contributed by atoms with Gasteiger partial charge in [0.2, 0.25) is 11.9 Å². The normalized spacial score (nSPS) is 12.1. The number of rotatable bonds is 11. The summed E-state index contributed by atoms with van der Waals surface area (Å²) in [7, 11) is 3.44. The van der Waals surface area contributed by atoms with E-state index in [1.165, 1.54) is 4.90 Å². The molecule has 196 valence electrons. The van der Waals surface area contributed by atoms with Gasteiger partial charge < -0.3 is 15.0 Å². The number of likely N-dealkylation sites (N-methyl/N-ethyl adjacent to an activating group) is 1. The standard InChI is InChI=1S/C30H32FN5O2/c1-4-24(26-8-5-6-17-33-26)29(22-12-15-27-25(20-22)30(31)35-34-27)21-10-13-23(14-11-21)38-19-18-32-16-7-9-28(37)36(2)3/h5-15,17,20,32H,4,16,18-19H2,1-3H3,(H,34,35)/b9-7+,29-24+. The van der Waals surface area contributed by atoms with Crippen molar-refractivity contribution in [2.45, 2.75) is 13.3 Å². The van der Waals surface area contributed by atoms with Gasteiger partial charge in [0.15, 0.2) is 0 Å². The summed E-state index contributed by atoms with van der Waals surface area (Å²) in [6, 6.07) is 19.4. The number of nitrogens with zero attached hydrogens (tertiary/aromatic N) is 3. The van der Waals surface area contributed by atoms with Gasteiger partial charge >= 0.3 is 0 Å². The monoisotopic (exact) mass is 513 g/mol. The van der Waals surface area contributed by atoms with Crippen LogP contribution < -0.4 is 10.1 Å². The van der Waals surface area contributed by atoms with E-state index in [-0.39, 0.29) is 5.91 Å². The number of amides is 1. The van der Waals surface area contributed by atoms with Gasteiger partial charge in [0, 0.05) is 39.5 Å². The first-order chi connectivity index (χ1) is 18.5. The lowest BCUT2D eigenvalue weighted by atomic mass is 9.89. The van der Waals surface area contributed by atoms with Gasteiger partial charge in [0.1, 0.15) is 12.4 Å². The summed E-state index contributed by atoms with van der Waals surface area (Å²) in [6.07, 6.45) is 5.87. The first kappa shape index (κ1) is 26.8. The zero-order valence-corrected chi connectivity index (χ0v) is 21.9. The number of benzene rings is 2. The van der Waals surface area contributed by atoms with Crippen LogP contribution in [0.5, 0.6) is 5.75 Å². The van der Waals surface area contributed by atoms with E-state index >= 15 is 0 Å². The van der Waals surface area contributed by atoms with Crippen molar-refractivity contribution in [1.82, 2.24) is 25.4 Å². The second-order valence-corrected chi connectivity index (χ2v) is 8.90. The van der Waals surface area contributed by atoms with Crippen LogP contribution in [0.25, 0.3) is 22.0 Å². The van der Waals surface area contributed by atoms with Crippen molar-refractivity contribution in [2.75, 3.05) is 33.8 Å². The Morgan fingerprint density at radius 1 is 1.11 bits per heavy atom. The molecule has 0 fully saturated rings. The second-order valence-electron chi connectivity index (χ2n) is 8.90. The number of H-pyrrole nitrogens is 1. The molecule has 0 atom stereocenters. The summed E-state index contributed by atoms with van der Waals surface area (Å²) < 4.78 is 20.2. The number of halogens is 1. The Morgan fingerprint density at radius 3 is 2.61 bits per heavy atom. The second kappa shape index (κ2) is 12.8. The van der Waals surface area contributed by atoms with E-state index in [2.05, 4.69) is 27.4 Å². The fraction of sp³-hybridized carbons (Fsp3) is 0.233. The lowest BCUT2D eigenvalue weighted by molar-refractivity contribution is -0.123. The van der Waals surface area contributed by atoms with E-state index in [9.17, 15) is 9.18 Å². The van der Waals surface area contributed by atoms with Gasteiger partial charge in [-0.3, -0.25) is 14.9 Å². The summed E-state index contributed by atoms with van der Waals surface area (Å²) in [5.74, 6) is 0.260. The third kappa shape index (κ3) is 6.52. The molecule has 7 nitrogen and oxygen atoms in total. The Labute approximate surface area is 222 Å². The molecule has 1 amide bonds. The van der Waals surface area contributed by atoms with Gasteiger partial charge in [0.25, 0.3) is 0 Å². The van der Waals surface area contributed by atoms with Crippen LogP contribution in [0.4, 0.5) is 4.39 Å². The number of aromatic amines is 1. The van der Waals surface area contributed by atoms with Gasteiger partial charge in [-0.1, -0.05) is 37.3 Å². The van der Waals surface area contributed by atoms with Crippen LogP contribution in [-0.2, 0) is 4.79 Å². The van der Waals surface area contributed by atoms with Crippen molar-refractivity contribution in [3.8, 4) is 5.75 Å². The minimum atomic E-state index is -0.450. The summed E-state index contributed by atoms with van der Waals surface area (Å²) >= 11 is 0. The van der Waals surface area contributed by atoms with Gasteiger partial charge in [-0.2, -0.15) is 9.49 Å².